The van der Waals surface area contributed by atoms with Gasteiger partial charge >= 0.3 is 0 Å². The Bertz CT molecular complexity index is 912. The number of piperidine rings is 1. The lowest BCUT2D eigenvalue weighted by Crippen LogP contribution is -2.52. The van der Waals surface area contributed by atoms with E-state index >= 15 is 0 Å². The van der Waals surface area contributed by atoms with E-state index in [-0.39, 0.29) is 24.1 Å². The smallest absolute Gasteiger partial charge is 0.255 e. The molecule has 0 bridgehead atoms. The van der Waals surface area contributed by atoms with Gasteiger partial charge in [0.1, 0.15) is 6.04 Å². The fraction of sp³-hybridized carbons (Fsp3) is 0.667. The maximum absolute atomic E-state index is 13.3. The Balaban J connectivity index is 1.51. The number of benzene rings is 1. The van der Waals surface area contributed by atoms with Crippen LogP contribution >= 0.6 is 0 Å². The molecule has 1 saturated carbocycles. The van der Waals surface area contributed by atoms with E-state index in [1.807, 2.05) is 19.2 Å². The second-order valence-electron chi connectivity index (χ2n) is 10.1. The minimum atomic E-state index is -0.581. The van der Waals surface area contributed by atoms with Gasteiger partial charge in [-0.15, -0.1) is 0 Å². The molecule has 2 N–H and O–H groups in total. The summed E-state index contributed by atoms with van der Waals surface area (Å²) in [5, 5.41) is 5.44. The van der Waals surface area contributed by atoms with E-state index in [2.05, 4.69) is 28.5 Å². The van der Waals surface area contributed by atoms with Gasteiger partial charge in [0.05, 0.1) is 13.3 Å². The molecule has 1 aliphatic carbocycles. The number of anilines is 1. The quantitative estimate of drug-likeness (QED) is 0.285. The van der Waals surface area contributed by atoms with Gasteiger partial charge < -0.3 is 14.5 Å². The summed E-state index contributed by atoms with van der Waals surface area (Å²) in [4.78, 5) is 41.7. The van der Waals surface area contributed by atoms with Crippen LogP contribution in [0.2, 0.25) is 0 Å². The molecular formula is C27H40N4O4. The summed E-state index contributed by atoms with van der Waals surface area (Å²) >= 11 is 0. The largest absolute Gasteiger partial charge is 0.368 e. The number of imide groups is 1. The van der Waals surface area contributed by atoms with Crippen molar-refractivity contribution in [2.24, 2.45) is 5.92 Å². The molecule has 8 heteroatoms. The molecule has 1 saturated heterocycles. The highest BCUT2D eigenvalue weighted by Crippen LogP contribution is 2.38. The Kier molecular flexibility index (Phi) is 8.78. The predicted molar refractivity (Wildman–Crippen MR) is 135 cm³/mol. The van der Waals surface area contributed by atoms with E-state index in [1.54, 1.807) is 4.90 Å². The molecule has 2 heterocycles. The lowest BCUT2D eigenvalue weighted by Gasteiger charge is -2.39. The van der Waals surface area contributed by atoms with Crippen molar-refractivity contribution in [2.75, 3.05) is 31.8 Å². The van der Waals surface area contributed by atoms with Crippen LogP contribution in [-0.4, -0.2) is 61.6 Å². The highest BCUT2D eigenvalue weighted by atomic mass is 16.5. The first-order valence-corrected chi connectivity index (χ1v) is 13.3. The van der Waals surface area contributed by atoms with E-state index in [9.17, 15) is 14.4 Å². The van der Waals surface area contributed by atoms with Gasteiger partial charge in [0.2, 0.25) is 11.8 Å². The predicted octanol–water partition coefficient (Wildman–Crippen LogP) is 3.20. The van der Waals surface area contributed by atoms with Gasteiger partial charge in [-0.25, -0.2) is 0 Å². The number of ether oxygens (including phenoxy) is 1. The Hall–Kier alpha value is -2.45. The Morgan fingerprint density at radius 3 is 2.63 bits per heavy atom. The summed E-state index contributed by atoms with van der Waals surface area (Å²) in [6, 6.07) is 5.87. The molecule has 3 aliphatic rings. The lowest BCUT2D eigenvalue weighted by molar-refractivity contribution is -0.136. The number of amides is 3. The first-order valence-electron chi connectivity index (χ1n) is 13.3. The maximum Gasteiger partial charge on any atom is 0.255 e. The van der Waals surface area contributed by atoms with E-state index < -0.39 is 6.04 Å². The zero-order chi connectivity index (χ0) is 24.8. The van der Waals surface area contributed by atoms with Gasteiger partial charge in [-0.3, -0.25) is 25.0 Å². The zero-order valence-electron chi connectivity index (χ0n) is 21.2. The number of nitrogens with zero attached hydrogens (tertiary/aromatic N) is 2. The number of hydrogen-bond donors (Lipinski definition) is 2. The van der Waals surface area contributed by atoms with Crippen molar-refractivity contribution in [3.8, 4) is 0 Å². The molecule has 0 aromatic heterocycles. The fourth-order valence-electron chi connectivity index (χ4n) is 5.82. The Morgan fingerprint density at radius 1 is 1.11 bits per heavy atom. The standard InChI is InChI=1S/C27H40N4O4/c1-3-4-5-15-30(20-11-9-19(10-12-20)17-35-18-28-2)23-8-6-7-21-22(23)16-31(27(21)34)24-13-14-25(32)29-26(24)33/h6-8,19-20,24,28H,3-5,9-18H2,1-2H3,(H,29,32,33)/t19-,20-,24?. The lowest BCUT2D eigenvalue weighted by atomic mass is 9.85. The van der Waals surface area contributed by atoms with Crippen molar-refractivity contribution in [2.45, 2.75) is 83.3 Å². The summed E-state index contributed by atoms with van der Waals surface area (Å²) < 4.78 is 5.72. The Morgan fingerprint density at radius 2 is 1.91 bits per heavy atom. The van der Waals surface area contributed by atoms with Gasteiger partial charge in [-0.2, -0.15) is 0 Å². The minimum absolute atomic E-state index is 0.102. The third kappa shape index (κ3) is 5.86. The third-order valence-electron chi connectivity index (χ3n) is 7.73. The highest BCUT2D eigenvalue weighted by Gasteiger charge is 2.40. The van der Waals surface area contributed by atoms with Gasteiger partial charge in [-0.05, 0) is 63.6 Å². The average molecular weight is 485 g/mol. The molecule has 0 radical (unpaired) electrons. The van der Waals surface area contributed by atoms with Crippen molar-refractivity contribution in [1.29, 1.82) is 0 Å². The molecule has 1 unspecified atom stereocenters. The van der Waals surface area contributed by atoms with Gasteiger partial charge in [0.25, 0.3) is 5.91 Å². The van der Waals surface area contributed by atoms with Gasteiger partial charge in [0.15, 0.2) is 0 Å². The molecule has 192 valence electrons. The maximum atomic E-state index is 13.3. The van der Waals surface area contributed by atoms with Crippen LogP contribution in [-0.2, 0) is 20.9 Å². The van der Waals surface area contributed by atoms with Gasteiger partial charge in [-0.1, -0.05) is 25.8 Å². The number of fused-ring (bicyclic) bond motifs is 1. The second-order valence-corrected chi connectivity index (χ2v) is 10.1. The first-order chi connectivity index (χ1) is 17.0. The van der Waals surface area contributed by atoms with Crippen LogP contribution in [0.4, 0.5) is 5.69 Å². The van der Waals surface area contributed by atoms with Crippen LogP contribution in [0.5, 0.6) is 0 Å². The van der Waals surface area contributed by atoms with Crippen molar-refractivity contribution >= 4 is 23.4 Å². The van der Waals surface area contributed by atoms with Crippen LogP contribution in [0.1, 0.15) is 80.6 Å². The van der Waals surface area contributed by atoms with Crippen molar-refractivity contribution < 1.29 is 19.1 Å². The summed E-state index contributed by atoms with van der Waals surface area (Å²) in [7, 11) is 1.90. The monoisotopic (exact) mass is 484 g/mol. The van der Waals surface area contributed by atoms with Crippen LogP contribution < -0.4 is 15.5 Å². The number of carbonyl (C=O) groups excluding carboxylic acids is 3. The number of unbranched alkanes of at least 4 members (excludes halogenated alkanes) is 2. The average Bonchev–Trinajstić information content (AvgIpc) is 3.19. The van der Waals surface area contributed by atoms with Crippen LogP contribution in [0.25, 0.3) is 0 Å². The zero-order valence-corrected chi connectivity index (χ0v) is 21.2. The summed E-state index contributed by atoms with van der Waals surface area (Å²) in [5.41, 5.74) is 2.86. The van der Waals surface area contributed by atoms with E-state index in [0.717, 1.165) is 62.9 Å². The van der Waals surface area contributed by atoms with Crippen LogP contribution in [0.15, 0.2) is 18.2 Å². The fourth-order valence-corrected chi connectivity index (χ4v) is 5.82. The summed E-state index contributed by atoms with van der Waals surface area (Å²) in [6.07, 6.45) is 8.66. The molecule has 8 nitrogen and oxygen atoms in total. The minimum Gasteiger partial charge on any atom is -0.368 e. The first kappa shape index (κ1) is 25.6. The highest BCUT2D eigenvalue weighted by molar-refractivity contribution is 6.06. The number of nitrogens with one attached hydrogen (secondary N) is 2. The summed E-state index contributed by atoms with van der Waals surface area (Å²) in [6.45, 7) is 5.02. The molecule has 35 heavy (non-hydrogen) atoms. The number of carbonyl (C=O) groups is 3. The second kappa shape index (κ2) is 12.0. The molecule has 1 aromatic carbocycles. The molecule has 4 rings (SSSR count). The normalized spacial score (nSPS) is 24.5. The van der Waals surface area contributed by atoms with Crippen molar-refractivity contribution in [3.63, 3.8) is 0 Å². The molecule has 3 amide bonds. The topological polar surface area (TPSA) is 91.0 Å². The molecule has 2 aliphatic heterocycles. The Labute approximate surface area is 208 Å². The van der Waals surface area contributed by atoms with Crippen molar-refractivity contribution in [3.05, 3.63) is 29.3 Å². The molecule has 2 fully saturated rings. The van der Waals surface area contributed by atoms with E-state index in [0.29, 0.717) is 37.2 Å². The summed E-state index contributed by atoms with van der Waals surface area (Å²) in [5.74, 6) is -0.119. The number of rotatable bonds is 11. The molecule has 0 spiro atoms. The number of hydrogen-bond acceptors (Lipinski definition) is 6. The van der Waals surface area contributed by atoms with E-state index in [4.69, 9.17) is 4.74 Å². The van der Waals surface area contributed by atoms with Crippen molar-refractivity contribution in [1.82, 2.24) is 15.5 Å². The molecule has 1 atom stereocenters. The van der Waals surface area contributed by atoms with Crippen LogP contribution in [0, 0.1) is 5.92 Å². The van der Waals surface area contributed by atoms with Crippen LogP contribution in [0.3, 0.4) is 0 Å². The molecule has 1 aromatic rings. The molecular weight excluding hydrogens is 444 g/mol. The third-order valence-corrected chi connectivity index (χ3v) is 7.73. The SMILES string of the molecule is CCCCCN(c1cccc2c1CN(C1CCC(=O)NC1=O)C2=O)[C@H]1CC[C@H](COCNC)CC1. The van der Waals surface area contributed by atoms with E-state index in [1.165, 1.54) is 6.42 Å². The van der Waals surface area contributed by atoms with Gasteiger partial charge in [0, 0.05) is 42.4 Å².